The Morgan fingerprint density at radius 1 is 0.811 bits per heavy atom. The number of nitrogens with one attached hydrogen (secondary N) is 3. The fourth-order valence-electron chi connectivity index (χ4n) is 5.51. The number of thioether (sulfide) groups is 1. The molecule has 3 amide bonds. The maximum Gasteiger partial charge on any atom is 0.295 e. The van der Waals surface area contributed by atoms with Crippen LogP contribution < -0.4 is 35.7 Å². The molecule has 0 saturated heterocycles. The molecule has 13 heteroatoms. The first-order chi connectivity index (χ1) is 25.6. The van der Waals surface area contributed by atoms with Crippen LogP contribution in [0.25, 0.3) is 11.8 Å². The molecule has 5 rings (SSSR count). The van der Waals surface area contributed by atoms with Gasteiger partial charge in [-0.25, -0.2) is 4.68 Å². The number of amides is 3. The van der Waals surface area contributed by atoms with Crippen LogP contribution in [0, 0.1) is 6.92 Å². The third-order valence-corrected chi connectivity index (χ3v) is 9.76. The Kier molecular flexibility index (Phi) is 12.4. The van der Waals surface area contributed by atoms with Crippen molar-refractivity contribution in [1.82, 2.24) is 14.7 Å². The third kappa shape index (κ3) is 8.82. The van der Waals surface area contributed by atoms with Crippen LogP contribution in [0.3, 0.4) is 0 Å². The number of ether oxygens (including phenoxy) is 3. The molecule has 0 aliphatic carbocycles. The predicted molar refractivity (Wildman–Crippen MR) is 207 cm³/mol. The molecule has 1 heterocycles. The number of benzene rings is 4. The van der Waals surface area contributed by atoms with Gasteiger partial charge in [0.15, 0.2) is 11.5 Å². The molecule has 1 aromatic heterocycles. The largest absolute Gasteiger partial charge is 0.496 e. The van der Waals surface area contributed by atoms with E-state index >= 15 is 0 Å². The van der Waals surface area contributed by atoms with E-state index in [-0.39, 0.29) is 22.9 Å². The summed E-state index contributed by atoms with van der Waals surface area (Å²) in [5.41, 5.74) is 2.36. The normalized spacial score (nSPS) is 11.7. The lowest BCUT2D eigenvalue weighted by atomic mass is 10.1. The Hall–Kier alpha value is -6.21. The zero-order valence-corrected chi connectivity index (χ0v) is 31.1. The van der Waals surface area contributed by atoms with Crippen molar-refractivity contribution in [3.05, 3.63) is 130 Å². The Bertz CT molecular complexity index is 2200. The zero-order valence-electron chi connectivity index (χ0n) is 30.3. The standard InChI is InChI=1S/C40H41N5O7S/c1-7-35(39(48)43-36-25(2)44(3)45(40(36)49)29-18-12-9-13-19-29)53-30-20-14-17-28(23-30)41-38(47)31(42-37(46)26-15-10-8-11-16-26)21-27-22-33(51-5)34(52-6)24-32(27)50-4/h8-24,35H,7H2,1-6H3,(H,41,47)(H,42,46)(H,43,48)/b31-21+. The summed E-state index contributed by atoms with van der Waals surface area (Å²) in [7, 11) is 6.24. The second-order valence-corrected chi connectivity index (χ2v) is 13.0. The van der Waals surface area contributed by atoms with Crippen molar-refractivity contribution in [2.75, 3.05) is 32.0 Å². The summed E-state index contributed by atoms with van der Waals surface area (Å²) in [5, 5.41) is 7.91. The molecule has 1 unspecified atom stereocenters. The van der Waals surface area contributed by atoms with Crippen LogP contribution >= 0.6 is 11.8 Å². The zero-order chi connectivity index (χ0) is 38.1. The van der Waals surface area contributed by atoms with Gasteiger partial charge in [-0.2, -0.15) is 0 Å². The summed E-state index contributed by atoms with van der Waals surface area (Å²) in [6, 6.07) is 28.0. The second-order valence-electron chi connectivity index (χ2n) is 11.7. The number of anilines is 2. The number of para-hydroxylation sites is 1. The summed E-state index contributed by atoms with van der Waals surface area (Å²) < 4.78 is 19.6. The third-order valence-electron chi connectivity index (χ3n) is 8.40. The van der Waals surface area contributed by atoms with Gasteiger partial charge >= 0.3 is 0 Å². The number of methoxy groups -OCH3 is 3. The van der Waals surface area contributed by atoms with Crippen molar-refractivity contribution >= 4 is 46.9 Å². The van der Waals surface area contributed by atoms with E-state index in [9.17, 15) is 19.2 Å². The molecular weight excluding hydrogens is 695 g/mol. The van der Waals surface area contributed by atoms with Crippen molar-refractivity contribution in [2.24, 2.45) is 7.05 Å². The molecule has 1 atom stereocenters. The van der Waals surface area contributed by atoms with Crippen LogP contribution in [0.4, 0.5) is 11.4 Å². The molecule has 0 fully saturated rings. The molecule has 0 saturated carbocycles. The predicted octanol–water partition coefficient (Wildman–Crippen LogP) is 6.43. The van der Waals surface area contributed by atoms with Crippen LogP contribution in [0.5, 0.6) is 17.2 Å². The fraction of sp³-hybridized carbons (Fsp3) is 0.200. The first-order valence-electron chi connectivity index (χ1n) is 16.7. The highest BCUT2D eigenvalue weighted by molar-refractivity contribution is 8.00. The molecule has 0 bridgehead atoms. The van der Waals surface area contributed by atoms with Gasteiger partial charge in [0.25, 0.3) is 17.4 Å². The van der Waals surface area contributed by atoms with Crippen LogP contribution in [0.15, 0.2) is 112 Å². The summed E-state index contributed by atoms with van der Waals surface area (Å²) >= 11 is 1.30. The Morgan fingerprint density at radius 2 is 1.45 bits per heavy atom. The number of carbonyl (C=O) groups excluding carboxylic acids is 3. The maximum absolute atomic E-state index is 13.9. The monoisotopic (exact) mass is 735 g/mol. The van der Waals surface area contributed by atoms with E-state index in [2.05, 4.69) is 16.0 Å². The molecule has 0 aliphatic rings. The van der Waals surface area contributed by atoms with E-state index < -0.39 is 17.1 Å². The van der Waals surface area contributed by atoms with Gasteiger partial charge in [0, 0.05) is 34.8 Å². The molecule has 5 aromatic rings. The minimum atomic E-state index is -0.604. The van der Waals surface area contributed by atoms with Gasteiger partial charge in [0.1, 0.15) is 17.1 Å². The minimum Gasteiger partial charge on any atom is -0.496 e. The van der Waals surface area contributed by atoms with E-state index in [4.69, 9.17) is 14.2 Å². The van der Waals surface area contributed by atoms with Gasteiger partial charge in [-0.3, -0.25) is 23.9 Å². The molecular formula is C40H41N5O7S. The van der Waals surface area contributed by atoms with Crippen LogP contribution in [-0.4, -0.2) is 53.7 Å². The van der Waals surface area contributed by atoms with Crippen molar-refractivity contribution in [1.29, 1.82) is 0 Å². The first-order valence-corrected chi connectivity index (χ1v) is 17.6. The van der Waals surface area contributed by atoms with Crippen LogP contribution in [-0.2, 0) is 16.6 Å². The maximum atomic E-state index is 13.9. The van der Waals surface area contributed by atoms with Gasteiger partial charge in [-0.15, -0.1) is 11.8 Å². The minimum absolute atomic E-state index is 0.0624. The van der Waals surface area contributed by atoms with Gasteiger partial charge in [-0.1, -0.05) is 49.4 Å². The smallest absolute Gasteiger partial charge is 0.295 e. The first kappa shape index (κ1) is 38.0. The summed E-state index contributed by atoms with van der Waals surface area (Å²) in [5.74, 6) is -0.205. The van der Waals surface area contributed by atoms with Gasteiger partial charge < -0.3 is 30.2 Å². The quantitative estimate of drug-likeness (QED) is 0.0876. The Morgan fingerprint density at radius 3 is 2.09 bits per heavy atom. The molecule has 12 nitrogen and oxygen atoms in total. The lowest BCUT2D eigenvalue weighted by Gasteiger charge is -2.16. The lowest BCUT2D eigenvalue weighted by Crippen LogP contribution is -2.30. The topological polar surface area (TPSA) is 142 Å². The van der Waals surface area contributed by atoms with Gasteiger partial charge in [0.05, 0.1) is 38.0 Å². The van der Waals surface area contributed by atoms with Crippen LogP contribution in [0.2, 0.25) is 0 Å². The van der Waals surface area contributed by atoms with Crippen LogP contribution in [0.1, 0.15) is 35.0 Å². The molecule has 0 aliphatic heterocycles. The number of hydrogen-bond acceptors (Lipinski definition) is 8. The van der Waals surface area contributed by atoms with E-state index in [0.29, 0.717) is 56.8 Å². The summed E-state index contributed by atoms with van der Waals surface area (Å²) in [6.45, 7) is 3.67. The molecule has 0 spiro atoms. The average Bonchev–Trinajstić information content (AvgIpc) is 3.39. The number of carbonyl (C=O) groups is 3. The van der Waals surface area contributed by atoms with Crippen molar-refractivity contribution in [3.8, 4) is 22.9 Å². The van der Waals surface area contributed by atoms with E-state index in [1.165, 1.54) is 43.8 Å². The SMILES string of the molecule is CCC(Sc1cccc(NC(=O)/C(=C\c2cc(OC)c(OC)cc2OC)NC(=O)c2ccccc2)c1)C(=O)Nc1c(C)n(C)n(-c2ccccc2)c1=O. The van der Waals surface area contributed by atoms with E-state index in [1.807, 2.05) is 43.3 Å². The molecule has 0 radical (unpaired) electrons. The highest BCUT2D eigenvalue weighted by Crippen LogP contribution is 2.36. The van der Waals surface area contributed by atoms with Crippen molar-refractivity contribution < 1.29 is 28.6 Å². The Labute approximate surface area is 311 Å². The number of nitrogens with zero attached hydrogens (tertiary/aromatic N) is 2. The second kappa shape index (κ2) is 17.3. The molecule has 53 heavy (non-hydrogen) atoms. The van der Waals surface area contributed by atoms with Crippen molar-refractivity contribution in [2.45, 2.75) is 30.4 Å². The molecule has 274 valence electrons. The molecule has 4 aromatic carbocycles. The lowest BCUT2D eigenvalue weighted by molar-refractivity contribution is -0.116. The highest BCUT2D eigenvalue weighted by Gasteiger charge is 2.24. The molecule has 3 N–H and O–H groups in total. The average molecular weight is 736 g/mol. The summed E-state index contributed by atoms with van der Waals surface area (Å²) in [4.78, 5) is 54.8. The number of rotatable bonds is 14. The van der Waals surface area contributed by atoms with Gasteiger partial charge in [-0.05, 0) is 68.0 Å². The van der Waals surface area contributed by atoms with Gasteiger partial charge in [0.2, 0.25) is 5.91 Å². The van der Waals surface area contributed by atoms with Crippen molar-refractivity contribution in [3.63, 3.8) is 0 Å². The number of aromatic nitrogens is 2. The fourth-order valence-corrected chi connectivity index (χ4v) is 6.52. The number of hydrogen-bond donors (Lipinski definition) is 3. The van der Waals surface area contributed by atoms with E-state index in [1.54, 1.807) is 79.3 Å². The highest BCUT2D eigenvalue weighted by atomic mass is 32.2. The summed E-state index contributed by atoms with van der Waals surface area (Å²) in [6.07, 6.45) is 1.96. The van der Waals surface area contributed by atoms with E-state index in [0.717, 1.165) is 0 Å². The Balaban J connectivity index is 1.38.